The van der Waals surface area contributed by atoms with Crippen LogP contribution in [0.15, 0.2) is 72.0 Å². The molecule has 14 heteroatoms. The van der Waals surface area contributed by atoms with Crippen LogP contribution in [0.25, 0.3) is 22.2 Å². The molecule has 1 aromatic carbocycles. The van der Waals surface area contributed by atoms with Crippen molar-refractivity contribution in [2.45, 2.75) is 89.8 Å². The average molecular weight is 823 g/mol. The highest BCUT2D eigenvalue weighted by Gasteiger charge is 2.38. The molecule has 0 spiro atoms. The van der Waals surface area contributed by atoms with E-state index in [0.29, 0.717) is 45.3 Å². The molecule has 0 saturated carbocycles. The number of imidazole rings is 2. The maximum Gasteiger partial charge on any atom is 0.240 e. The largest absolute Gasteiger partial charge is 0.382 e. The fourth-order valence-electron chi connectivity index (χ4n) is 8.49. The van der Waals surface area contributed by atoms with Crippen LogP contribution in [0.3, 0.4) is 0 Å². The summed E-state index contributed by atoms with van der Waals surface area (Å²) in [6, 6.07) is 4.78. The van der Waals surface area contributed by atoms with Crippen molar-refractivity contribution in [3.8, 4) is 0 Å². The number of allylic oxidation sites excluding steroid dienone is 5. The number of ether oxygens (including phenoxy) is 4. The molecule has 14 nitrogen and oxygen atoms in total. The van der Waals surface area contributed by atoms with Crippen molar-refractivity contribution >= 4 is 34.0 Å². The number of rotatable bonds is 17. The number of carbonyl (C=O) groups excluding carboxylic acids is 2. The van der Waals surface area contributed by atoms with E-state index in [1.54, 1.807) is 25.3 Å². The number of nitrogens with zero attached hydrogens (tertiary/aromatic N) is 4. The van der Waals surface area contributed by atoms with Gasteiger partial charge in [0.15, 0.2) is 0 Å². The predicted octanol–water partition coefficient (Wildman–Crippen LogP) is 5.55. The molecule has 7 rings (SSSR count). The Balaban J connectivity index is 1.15. The number of H-pyrrole nitrogens is 2. The van der Waals surface area contributed by atoms with Gasteiger partial charge in [-0.15, -0.1) is 0 Å². The highest BCUT2D eigenvalue weighted by Crippen LogP contribution is 2.40. The maximum absolute atomic E-state index is 13.3. The summed E-state index contributed by atoms with van der Waals surface area (Å²) in [6.07, 6.45) is 16.9. The monoisotopic (exact) mass is 822 g/mol. The van der Waals surface area contributed by atoms with E-state index in [1.807, 2.05) is 44.7 Å². The first kappa shape index (κ1) is 43.4. The summed E-state index contributed by atoms with van der Waals surface area (Å²) in [4.78, 5) is 47.0. The molecule has 6 N–H and O–H groups in total. The first-order chi connectivity index (χ1) is 29.0. The number of hydrogen-bond donors (Lipinski definition) is 4. The number of aromatic nitrogens is 4. The van der Waals surface area contributed by atoms with Crippen molar-refractivity contribution in [1.82, 2.24) is 29.7 Å². The fraction of sp³-hybridized carbons (Fsp3) is 0.522. The molecule has 0 bridgehead atoms. The Morgan fingerprint density at radius 1 is 0.817 bits per heavy atom. The second-order valence-corrected chi connectivity index (χ2v) is 16.8. The number of amides is 2. The number of hydrogen-bond acceptors (Lipinski definition) is 10. The fourth-order valence-corrected chi connectivity index (χ4v) is 8.49. The van der Waals surface area contributed by atoms with Gasteiger partial charge in [0.25, 0.3) is 0 Å². The number of nitrogens with one attached hydrogen (secondary N) is 2. The lowest BCUT2D eigenvalue weighted by atomic mass is 9.82. The zero-order valence-electron chi connectivity index (χ0n) is 35.9. The molecule has 6 unspecified atom stereocenters. The minimum absolute atomic E-state index is 0.0105. The number of likely N-dealkylation sites (tertiary alicyclic amines) is 1. The zero-order valence-corrected chi connectivity index (χ0v) is 35.9. The number of benzene rings is 1. The molecule has 2 amide bonds. The van der Waals surface area contributed by atoms with Gasteiger partial charge in [0.2, 0.25) is 11.8 Å². The topological polar surface area (TPSA) is 187 Å². The standard InChI is InChI=1S/C46H62N8O6/c1-27(2)39(47)45(55)53-19-7-9-37(53)43-49-26-36(52-43)33-17-16-32(41(59-23-21-57-5)42(33)60-24-22-58-6)30-13-11-29(12-14-30)31-15-18-34-35(25-31)51-44(50-34)38-10-8-20-54(38)46(56)40(48)28(3)4/h7,9,11,13,15-18,25-28,37-42H,8,10,12,14,19-24,47-48H2,1-6H3,(H,49,52)(H,50,51). The Kier molecular flexibility index (Phi) is 14.0. The highest BCUT2D eigenvalue weighted by molar-refractivity contribution is 5.85. The molecular weight excluding hydrogens is 761 g/mol. The van der Waals surface area contributed by atoms with E-state index in [1.165, 1.54) is 11.1 Å². The van der Waals surface area contributed by atoms with Gasteiger partial charge < -0.3 is 50.2 Å². The molecule has 4 heterocycles. The molecule has 60 heavy (non-hydrogen) atoms. The van der Waals surface area contributed by atoms with Crippen LogP contribution >= 0.6 is 0 Å². The molecule has 2 aromatic heterocycles. The van der Waals surface area contributed by atoms with Crippen molar-refractivity contribution in [2.75, 3.05) is 53.7 Å². The molecular formula is C46H62N8O6. The minimum Gasteiger partial charge on any atom is -0.382 e. The summed E-state index contributed by atoms with van der Waals surface area (Å²) in [5, 5.41) is 0. The molecule has 2 aliphatic heterocycles. The van der Waals surface area contributed by atoms with Crippen molar-refractivity contribution in [1.29, 1.82) is 0 Å². The van der Waals surface area contributed by atoms with Gasteiger partial charge in [-0.3, -0.25) is 9.59 Å². The smallest absolute Gasteiger partial charge is 0.240 e. The van der Waals surface area contributed by atoms with Gasteiger partial charge >= 0.3 is 0 Å². The summed E-state index contributed by atoms with van der Waals surface area (Å²) in [5.74, 6) is 1.45. The average Bonchev–Trinajstić information content (AvgIpc) is 4.09. The Labute approximate surface area is 353 Å². The van der Waals surface area contributed by atoms with Gasteiger partial charge in [-0.25, -0.2) is 9.97 Å². The molecule has 6 atom stereocenters. The number of methoxy groups -OCH3 is 2. The molecule has 1 fully saturated rings. The molecule has 322 valence electrons. The Hall–Kier alpha value is -4.70. The van der Waals surface area contributed by atoms with Gasteiger partial charge in [-0.05, 0) is 71.9 Å². The first-order valence-electron chi connectivity index (χ1n) is 21.4. The quantitative estimate of drug-likeness (QED) is 0.0995. The number of fused-ring (bicyclic) bond motifs is 1. The lowest BCUT2D eigenvalue weighted by Crippen LogP contribution is -2.46. The van der Waals surface area contributed by atoms with Crippen LogP contribution in [0, 0.1) is 11.8 Å². The third-order valence-corrected chi connectivity index (χ3v) is 12.2. The summed E-state index contributed by atoms with van der Waals surface area (Å²) in [6.45, 7) is 10.6. The van der Waals surface area contributed by atoms with E-state index in [4.69, 9.17) is 40.4 Å². The van der Waals surface area contributed by atoms with Crippen molar-refractivity contribution in [2.24, 2.45) is 23.3 Å². The van der Waals surface area contributed by atoms with Gasteiger partial charge in [0.1, 0.15) is 29.9 Å². The molecule has 3 aromatic rings. The van der Waals surface area contributed by atoms with E-state index in [2.05, 4.69) is 52.5 Å². The molecule has 4 aliphatic rings. The van der Waals surface area contributed by atoms with Crippen LogP contribution in [-0.4, -0.2) is 120 Å². The van der Waals surface area contributed by atoms with Crippen LogP contribution in [-0.2, 0) is 28.5 Å². The minimum atomic E-state index is -0.592. The van der Waals surface area contributed by atoms with Gasteiger partial charge in [0, 0.05) is 32.9 Å². The van der Waals surface area contributed by atoms with Gasteiger partial charge in [0.05, 0.1) is 67.5 Å². The summed E-state index contributed by atoms with van der Waals surface area (Å²) in [7, 11) is 3.32. The predicted molar refractivity (Wildman–Crippen MR) is 232 cm³/mol. The Bertz CT molecular complexity index is 2160. The van der Waals surface area contributed by atoms with Crippen LogP contribution in [0.2, 0.25) is 0 Å². The molecule has 2 aliphatic carbocycles. The Morgan fingerprint density at radius 2 is 1.47 bits per heavy atom. The lowest BCUT2D eigenvalue weighted by molar-refractivity contribution is -0.135. The van der Waals surface area contributed by atoms with Crippen molar-refractivity contribution in [3.63, 3.8) is 0 Å². The van der Waals surface area contributed by atoms with Crippen LogP contribution in [0.4, 0.5) is 0 Å². The number of aromatic amines is 2. The molecule has 1 saturated heterocycles. The van der Waals surface area contributed by atoms with Crippen LogP contribution in [0.5, 0.6) is 0 Å². The number of nitrogens with two attached hydrogens (primary N) is 2. The van der Waals surface area contributed by atoms with Crippen molar-refractivity contribution < 1.29 is 28.5 Å². The van der Waals surface area contributed by atoms with Crippen LogP contribution in [0.1, 0.15) is 88.4 Å². The van der Waals surface area contributed by atoms with E-state index in [9.17, 15) is 9.59 Å². The SMILES string of the molecule is COCCOC1C(C2=CC=C(c3ccc4nc(C5CCCN5C(=O)C(N)C(C)C)[nH]c4c3)CC2)=CC=C(c2cnc(C3C=CCN3C(=O)C(N)C(C)C)[nH]2)C1OCCOC. The number of carbonyl (C=O) groups is 2. The third kappa shape index (κ3) is 9.14. The summed E-state index contributed by atoms with van der Waals surface area (Å²) in [5.41, 5.74) is 20.6. The van der Waals surface area contributed by atoms with E-state index in [-0.39, 0.29) is 35.7 Å². The van der Waals surface area contributed by atoms with E-state index < -0.39 is 24.3 Å². The lowest BCUT2D eigenvalue weighted by Gasteiger charge is -2.35. The van der Waals surface area contributed by atoms with Crippen LogP contribution < -0.4 is 11.5 Å². The Morgan fingerprint density at radius 3 is 2.13 bits per heavy atom. The maximum atomic E-state index is 13.3. The highest BCUT2D eigenvalue weighted by atomic mass is 16.6. The second-order valence-electron chi connectivity index (χ2n) is 16.8. The third-order valence-electron chi connectivity index (χ3n) is 12.2. The first-order valence-corrected chi connectivity index (χ1v) is 21.4. The van der Waals surface area contributed by atoms with Gasteiger partial charge in [-0.1, -0.05) is 70.2 Å². The summed E-state index contributed by atoms with van der Waals surface area (Å²) < 4.78 is 24.0. The summed E-state index contributed by atoms with van der Waals surface area (Å²) >= 11 is 0. The van der Waals surface area contributed by atoms with E-state index in [0.717, 1.165) is 64.9 Å². The van der Waals surface area contributed by atoms with Crippen molar-refractivity contribution in [3.05, 3.63) is 94.9 Å². The second kappa shape index (κ2) is 19.3. The molecule has 0 radical (unpaired) electrons. The zero-order chi connectivity index (χ0) is 42.5. The normalized spacial score (nSPS) is 23.0. The van der Waals surface area contributed by atoms with Gasteiger partial charge in [-0.2, -0.15) is 0 Å². The van der Waals surface area contributed by atoms with E-state index >= 15 is 0 Å².